The van der Waals surface area contributed by atoms with Gasteiger partial charge in [-0.2, -0.15) is 0 Å². The van der Waals surface area contributed by atoms with Gasteiger partial charge in [-0.05, 0) is 66.6 Å². The number of rotatable bonds is 8. The van der Waals surface area contributed by atoms with Crippen LogP contribution in [0.1, 0.15) is 53.6 Å². The van der Waals surface area contributed by atoms with Gasteiger partial charge in [0.05, 0.1) is 24.3 Å². The number of benzene rings is 2. The summed E-state index contributed by atoms with van der Waals surface area (Å²) in [5.41, 5.74) is 3.20. The zero-order chi connectivity index (χ0) is 32.7. The zero-order valence-corrected chi connectivity index (χ0v) is 26.6. The van der Waals surface area contributed by atoms with Crippen LogP contribution < -0.4 is 10.1 Å². The topological polar surface area (TPSA) is 106 Å². The number of nitrogens with one attached hydrogen (secondary N) is 2. The number of likely N-dealkylation sites (N-methyl/N-ethyl adjacent to an activating group) is 1. The van der Waals surface area contributed by atoms with E-state index in [1.165, 1.54) is 6.07 Å². The molecule has 0 spiro atoms. The Morgan fingerprint density at radius 3 is 2.68 bits per heavy atom. The smallest absolute Gasteiger partial charge is 0.322 e. The van der Waals surface area contributed by atoms with E-state index in [0.29, 0.717) is 53.7 Å². The monoisotopic (exact) mass is 646 g/mol. The van der Waals surface area contributed by atoms with E-state index >= 15 is 0 Å². The number of fused-ring (bicyclic) bond motifs is 2. The van der Waals surface area contributed by atoms with Crippen molar-refractivity contribution < 1.29 is 28.2 Å². The number of carbonyl (C=O) groups excluding carboxylic acids is 1. The first-order valence-electron chi connectivity index (χ1n) is 16.2. The number of aliphatic hydroxyl groups is 1. The van der Waals surface area contributed by atoms with E-state index in [-0.39, 0.29) is 30.7 Å². The summed E-state index contributed by atoms with van der Waals surface area (Å²) in [4.78, 5) is 27.3. The zero-order valence-electron chi connectivity index (χ0n) is 26.6. The molecule has 2 fully saturated rings. The Balaban J connectivity index is 1.07. The highest BCUT2D eigenvalue weighted by atomic mass is 19.3. The number of amides is 2. The number of hydrogen-bond acceptors (Lipinski definition) is 7. The number of aromatic amines is 1. The molecular weight excluding hydrogens is 606 g/mol. The Kier molecular flexibility index (Phi) is 8.60. The van der Waals surface area contributed by atoms with Crippen LogP contribution in [0, 0.1) is 0 Å². The van der Waals surface area contributed by atoms with E-state index in [9.17, 15) is 18.7 Å². The lowest BCUT2D eigenvalue weighted by molar-refractivity contribution is -0.186. The summed E-state index contributed by atoms with van der Waals surface area (Å²) in [6.07, 6.45) is -0.164. The fourth-order valence-corrected chi connectivity index (χ4v) is 6.71. The van der Waals surface area contributed by atoms with Gasteiger partial charge in [-0.15, -0.1) is 0 Å². The molecule has 10 nitrogen and oxygen atoms in total. The number of ether oxygens (including phenoxy) is 2. The molecule has 3 aliphatic heterocycles. The number of carbonyl (C=O) groups is 1. The number of anilines is 1. The molecule has 248 valence electrons. The molecule has 2 saturated heterocycles. The van der Waals surface area contributed by atoms with Gasteiger partial charge in [0.25, 0.3) is 6.43 Å². The highest BCUT2D eigenvalue weighted by Gasteiger charge is 2.40. The van der Waals surface area contributed by atoms with Crippen LogP contribution in [0.25, 0.3) is 11.0 Å². The molecule has 2 amide bonds. The maximum Gasteiger partial charge on any atom is 0.322 e. The van der Waals surface area contributed by atoms with Gasteiger partial charge in [0.15, 0.2) is 5.60 Å². The van der Waals surface area contributed by atoms with Gasteiger partial charge in [0.1, 0.15) is 17.1 Å². The van der Waals surface area contributed by atoms with Gasteiger partial charge in [-0.1, -0.05) is 19.1 Å². The van der Waals surface area contributed by atoms with Crippen LogP contribution >= 0.6 is 0 Å². The van der Waals surface area contributed by atoms with Gasteiger partial charge >= 0.3 is 6.03 Å². The second kappa shape index (κ2) is 12.8. The van der Waals surface area contributed by atoms with E-state index < -0.39 is 12.0 Å². The molecule has 0 radical (unpaired) electrons. The Morgan fingerprint density at radius 1 is 1.15 bits per heavy atom. The lowest BCUT2D eigenvalue weighted by atomic mass is 9.88. The number of pyridine rings is 1. The number of nitrogens with zero attached hydrogens (tertiary/aromatic N) is 4. The summed E-state index contributed by atoms with van der Waals surface area (Å²) >= 11 is 0. The molecule has 0 bridgehead atoms. The molecule has 3 aliphatic rings. The Hall–Kier alpha value is -4.10. The van der Waals surface area contributed by atoms with Crippen molar-refractivity contribution in [2.75, 3.05) is 58.3 Å². The van der Waals surface area contributed by atoms with Crippen molar-refractivity contribution >= 4 is 22.8 Å². The molecule has 3 N–H and O–H groups in total. The number of piperazine rings is 1. The minimum Gasteiger partial charge on any atom is -0.457 e. The molecule has 0 saturated carbocycles. The number of aromatic nitrogens is 2. The number of hydrogen-bond donors (Lipinski definition) is 3. The van der Waals surface area contributed by atoms with Crippen molar-refractivity contribution in [3.63, 3.8) is 0 Å². The first kappa shape index (κ1) is 31.5. The van der Waals surface area contributed by atoms with Crippen LogP contribution in [0.2, 0.25) is 0 Å². The van der Waals surface area contributed by atoms with Crippen molar-refractivity contribution in [2.24, 2.45) is 0 Å². The quantitative estimate of drug-likeness (QED) is 0.222. The predicted molar refractivity (Wildman–Crippen MR) is 174 cm³/mol. The lowest BCUT2D eigenvalue weighted by Crippen LogP contribution is -2.46. The minimum atomic E-state index is -2.64. The normalized spacial score (nSPS) is 19.9. The summed E-state index contributed by atoms with van der Waals surface area (Å²) in [7, 11) is 2.06. The molecule has 1 atom stereocenters. The van der Waals surface area contributed by atoms with E-state index in [4.69, 9.17) is 9.47 Å². The summed E-state index contributed by atoms with van der Waals surface area (Å²) < 4.78 is 39.8. The third-order valence-electron chi connectivity index (χ3n) is 9.66. The highest BCUT2D eigenvalue weighted by Crippen LogP contribution is 2.38. The minimum absolute atomic E-state index is 0.0473. The van der Waals surface area contributed by atoms with Gasteiger partial charge in [0, 0.05) is 69.2 Å². The number of H-pyrrole nitrogens is 1. The summed E-state index contributed by atoms with van der Waals surface area (Å²) in [6.45, 7) is 7.34. The van der Waals surface area contributed by atoms with Crippen LogP contribution in [0.3, 0.4) is 0 Å². The largest absolute Gasteiger partial charge is 0.457 e. The average Bonchev–Trinajstić information content (AvgIpc) is 3.50. The average molecular weight is 647 g/mol. The first-order chi connectivity index (χ1) is 22.7. The van der Waals surface area contributed by atoms with Crippen molar-refractivity contribution in [1.82, 2.24) is 24.7 Å². The van der Waals surface area contributed by atoms with Crippen LogP contribution in [0.4, 0.5) is 19.3 Å². The van der Waals surface area contributed by atoms with E-state index in [0.717, 1.165) is 49.1 Å². The van der Waals surface area contributed by atoms with Gasteiger partial charge in [-0.3, -0.25) is 4.90 Å². The Bertz CT molecular complexity index is 1770. The van der Waals surface area contributed by atoms with Crippen LogP contribution in [-0.2, 0) is 23.4 Å². The molecule has 4 aromatic rings. The van der Waals surface area contributed by atoms with Crippen molar-refractivity contribution in [1.29, 1.82) is 0 Å². The van der Waals surface area contributed by atoms with Crippen molar-refractivity contribution in [2.45, 2.75) is 44.4 Å². The molecule has 47 heavy (non-hydrogen) atoms. The molecule has 7 rings (SSSR count). The number of alkyl halides is 2. The van der Waals surface area contributed by atoms with Gasteiger partial charge in [0.2, 0.25) is 0 Å². The molecular formula is C35H40F2N6O4. The van der Waals surface area contributed by atoms with Gasteiger partial charge in [-0.25, -0.2) is 18.6 Å². The summed E-state index contributed by atoms with van der Waals surface area (Å²) in [5, 5.41) is 14.3. The maximum absolute atomic E-state index is 14.1. The third kappa shape index (κ3) is 6.42. The SMILES string of the molecule is CC[C@H]1CN(C(=O)Nc2ccc(CN3CCN(C)CC3)c(C(F)F)c2)Cc2cc(Oc3ccnc4[nH]c(C5(O)COC5)cc34)ccc21. The van der Waals surface area contributed by atoms with Gasteiger partial charge < -0.3 is 34.7 Å². The fraction of sp³-hybridized carbons (Fsp3) is 0.429. The van der Waals surface area contributed by atoms with Crippen LogP contribution in [0.5, 0.6) is 11.5 Å². The molecule has 2 aromatic carbocycles. The fourth-order valence-electron chi connectivity index (χ4n) is 6.71. The molecule has 0 aliphatic carbocycles. The molecule has 5 heterocycles. The number of halogens is 2. The predicted octanol–water partition coefficient (Wildman–Crippen LogP) is 5.80. The van der Waals surface area contributed by atoms with Crippen LogP contribution in [0.15, 0.2) is 54.7 Å². The van der Waals surface area contributed by atoms with E-state index in [2.05, 4.69) is 45.1 Å². The Labute approximate surface area is 272 Å². The third-order valence-corrected chi connectivity index (χ3v) is 9.66. The first-order valence-corrected chi connectivity index (χ1v) is 16.2. The standard InChI is InChI=1S/C35H40F2N6O4/c1-3-22-18-43(34(44)39-25-5-4-23(28(15-25)32(36)37)17-42-12-10-41(2)11-13-42)19-24-14-26(6-7-27(22)24)47-30-8-9-38-33-29(30)16-31(40-33)35(45)20-46-21-35/h4-9,14-16,22,32,45H,3,10-13,17-21H2,1-2H3,(H,38,40)(H,39,44)/t22-/m0/s1. The highest BCUT2D eigenvalue weighted by molar-refractivity contribution is 5.90. The molecule has 12 heteroatoms. The molecule has 0 unspecified atom stereocenters. The van der Waals surface area contributed by atoms with E-state index in [1.807, 2.05) is 18.2 Å². The number of urea groups is 1. The van der Waals surface area contributed by atoms with Crippen molar-refractivity contribution in [3.05, 3.63) is 82.7 Å². The second-order valence-electron chi connectivity index (χ2n) is 13.0. The summed E-state index contributed by atoms with van der Waals surface area (Å²) in [6, 6.07) is 14.1. The summed E-state index contributed by atoms with van der Waals surface area (Å²) in [5.74, 6) is 1.32. The second-order valence-corrected chi connectivity index (χ2v) is 13.0. The lowest BCUT2D eigenvalue weighted by Gasteiger charge is -2.35. The van der Waals surface area contributed by atoms with E-state index in [1.54, 1.807) is 29.3 Å². The maximum atomic E-state index is 14.1. The van der Waals surface area contributed by atoms with Crippen molar-refractivity contribution in [3.8, 4) is 11.5 Å². The Morgan fingerprint density at radius 2 is 1.96 bits per heavy atom. The molecule has 2 aromatic heterocycles. The van der Waals surface area contributed by atoms with Crippen LogP contribution in [-0.4, -0.2) is 88.8 Å².